The molecule has 14 heavy (non-hydrogen) atoms. The number of nitrogens with zero attached hydrogens (tertiary/aromatic N) is 1. The van der Waals surface area contributed by atoms with Crippen LogP contribution in [0.2, 0.25) is 0 Å². The molecule has 0 fully saturated rings. The fourth-order valence-electron chi connectivity index (χ4n) is 1.23. The first-order valence-corrected chi connectivity index (χ1v) is 5.53. The van der Waals surface area contributed by atoms with E-state index in [4.69, 9.17) is 5.11 Å². The maximum atomic E-state index is 8.42. The van der Waals surface area contributed by atoms with Crippen molar-refractivity contribution in [2.75, 3.05) is 0 Å². The fourth-order valence-corrected chi connectivity index (χ4v) is 1.61. The van der Waals surface area contributed by atoms with Gasteiger partial charge in [-0.15, -0.1) is 0 Å². The third-order valence-electron chi connectivity index (χ3n) is 1.93. The summed E-state index contributed by atoms with van der Waals surface area (Å²) in [5, 5.41) is 8.42. The molecule has 1 aromatic rings. The van der Waals surface area contributed by atoms with Crippen molar-refractivity contribution in [1.82, 2.24) is 4.98 Å². The van der Waals surface area contributed by atoms with E-state index in [-0.39, 0.29) is 0 Å². The van der Waals surface area contributed by atoms with E-state index >= 15 is 0 Å². The number of unbranched alkanes of at least 4 members (excludes halogenated alkanes) is 2. The number of aliphatic hydroxyl groups is 1. The molecule has 0 spiro atoms. The molecule has 0 aromatic carbocycles. The van der Waals surface area contributed by atoms with Crippen LogP contribution in [0, 0.1) is 0 Å². The predicted octanol–water partition coefficient (Wildman–Crippen LogP) is 3.63. The number of rotatable bonds is 5. The van der Waals surface area contributed by atoms with Crippen molar-refractivity contribution in [2.45, 2.75) is 25.7 Å². The Kier molecular flexibility index (Phi) is 5.30. The third-order valence-corrected chi connectivity index (χ3v) is 2.37. The van der Waals surface area contributed by atoms with Crippen molar-refractivity contribution in [3.05, 3.63) is 40.8 Å². The smallest absolute Gasteiger partial charge is 0.106 e. The van der Waals surface area contributed by atoms with Crippen molar-refractivity contribution >= 4 is 15.9 Å². The number of allylic oxidation sites excluding steroid dienone is 1. The average Bonchev–Trinajstić information content (AvgIpc) is 2.18. The second-order valence-corrected chi connectivity index (χ2v) is 3.89. The zero-order valence-corrected chi connectivity index (χ0v) is 9.57. The average molecular weight is 256 g/mol. The van der Waals surface area contributed by atoms with Crippen molar-refractivity contribution in [3.63, 3.8) is 0 Å². The van der Waals surface area contributed by atoms with Crippen LogP contribution in [-0.4, -0.2) is 10.1 Å². The number of aryl methyl sites for hydroxylation is 1. The van der Waals surface area contributed by atoms with E-state index in [0.717, 1.165) is 42.2 Å². The van der Waals surface area contributed by atoms with Gasteiger partial charge in [0.25, 0.3) is 0 Å². The second kappa shape index (κ2) is 6.60. The van der Waals surface area contributed by atoms with E-state index in [1.807, 2.05) is 18.2 Å². The van der Waals surface area contributed by atoms with Crippen LogP contribution in [0.25, 0.3) is 0 Å². The van der Waals surface area contributed by atoms with Crippen LogP contribution >= 0.6 is 15.9 Å². The summed E-state index contributed by atoms with van der Waals surface area (Å²) in [6.45, 7) is 0. The normalized spacial score (nSPS) is 10.9. The van der Waals surface area contributed by atoms with Gasteiger partial charge in [-0.05, 0) is 53.7 Å². The Balaban J connectivity index is 2.24. The van der Waals surface area contributed by atoms with E-state index in [2.05, 4.69) is 20.9 Å². The minimum absolute atomic E-state index is 0.894. The quantitative estimate of drug-likeness (QED) is 0.495. The Labute approximate surface area is 92.8 Å². The number of aliphatic hydroxyl groups excluding tert-OH is 1. The SMILES string of the molecule is OC=CCCCCc1cccc(Br)n1. The summed E-state index contributed by atoms with van der Waals surface area (Å²) in [4.78, 5) is 4.34. The van der Waals surface area contributed by atoms with Gasteiger partial charge < -0.3 is 5.11 Å². The minimum Gasteiger partial charge on any atom is -0.516 e. The molecule has 0 radical (unpaired) electrons. The summed E-state index contributed by atoms with van der Waals surface area (Å²) in [6, 6.07) is 5.96. The lowest BCUT2D eigenvalue weighted by Crippen LogP contribution is -1.89. The lowest BCUT2D eigenvalue weighted by Gasteiger charge is -1.99. The third kappa shape index (κ3) is 4.42. The van der Waals surface area contributed by atoms with Crippen LogP contribution in [0.1, 0.15) is 25.0 Å². The van der Waals surface area contributed by atoms with Crippen molar-refractivity contribution in [1.29, 1.82) is 0 Å². The van der Waals surface area contributed by atoms with E-state index in [9.17, 15) is 0 Å². The van der Waals surface area contributed by atoms with Crippen LogP contribution in [0.5, 0.6) is 0 Å². The van der Waals surface area contributed by atoms with Gasteiger partial charge in [-0.1, -0.05) is 12.1 Å². The van der Waals surface area contributed by atoms with Crippen LogP contribution in [-0.2, 0) is 6.42 Å². The fraction of sp³-hybridized carbons (Fsp3) is 0.364. The maximum Gasteiger partial charge on any atom is 0.106 e. The molecule has 3 heteroatoms. The highest BCUT2D eigenvalue weighted by molar-refractivity contribution is 9.10. The maximum absolute atomic E-state index is 8.42. The van der Waals surface area contributed by atoms with E-state index < -0.39 is 0 Å². The van der Waals surface area contributed by atoms with E-state index in [0.29, 0.717) is 0 Å². The highest BCUT2D eigenvalue weighted by atomic mass is 79.9. The zero-order valence-electron chi connectivity index (χ0n) is 7.99. The summed E-state index contributed by atoms with van der Waals surface area (Å²) < 4.78 is 0.894. The molecular formula is C11H14BrNO. The van der Waals surface area contributed by atoms with Gasteiger partial charge in [-0.3, -0.25) is 0 Å². The number of halogens is 1. The molecule has 0 unspecified atom stereocenters. The summed E-state index contributed by atoms with van der Waals surface area (Å²) in [6.07, 6.45) is 7.01. The largest absolute Gasteiger partial charge is 0.516 e. The Bertz CT molecular complexity index is 299. The minimum atomic E-state index is 0.894. The van der Waals surface area contributed by atoms with Gasteiger partial charge in [0.05, 0.1) is 6.26 Å². The van der Waals surface area contributed by atoms with Crippen molar-refractivity contribution in [2.24, 2.45) is 0 Å². The summed E-state index contributed by atoms with van der Waals surface area (Å²) >= 11 is 3.34. The summed E-state index contributed by atoms with van der Waals surface area (Å²) in [7, 11) is 0. The summed E-state index contributed by atoms with van der Waals surface area (Å²) in [5.74, 6) is 0. The predicted molar refractivity (Wildman–Crippen MR) is 61.3 cm³/mol. The highest BCUT2D eigenvalue weighted by Crippen LogP contribution is 2.09. The lowest BCUT2D eigenvalue weighted by molar-refractivity contribution is 0.470. The monoisotopic (exact) mass is 255 g/mol. The number of hydrogen-bond acceptors (Lipinski definition) is 2. The van der Waals surface area contributed by atoms with Crippen LogP contribution < -0.4 is 0 Å². The summed E-state index contributed by atoms with van der Waals surface area (Å²) in [5.41, 5.74) is 1.12. The Morgan fingerprint density at radius 3 is 2.93 bits per heavy atom. The number of hydrogen-bond donors (Lipinski definition) is 1. The van der Waals surface area contributed by atoms with Gasteiger partial charge in [0.2, 0.25) is 0 Å². The second-order valence-electron chi connectivity index (χ2n) is 3.08. The topological polar surface area (TPSA) is 33.1 Å². The molecule has 0 aliphatic carbocycles. The number of aromatic nitrogens is 1. The van der Waals surface area contributed by atoms with Crippen molar-refractivity contribution in [3.8, 4) is 0 Å². The van der Waals surface area contributed by atoms with Gasteiger partial charge >= 0.3 is 0 Å². The molecule has 1 aromatic heterocycles. The first-order valence-electron chi connectivity index (χ1n) is 4.73. The Morgan fingerprint density at radius 1 is 1.36 bits per heavy atom. The van der Waals surface area contributed by atoms with E-state index in [1.54, 1.807) is 6.08 Å². The van der Waals surface area contributed by atoms with Crippen LogP contribution in [0.4, 0.5) is 0 Å². The molecule has 0 aliphatic rings. The molecule has 0 aliphatic heterocycles. The molecular weight excluding hydrogens is 242 g/mol. The molecule has 1 rings (SSSR count). The molecule has 2 nitrogen and oxygen atoms in total. The lowest BCUT2D eigenvalue weighted by atomic mass is 10.1. The van der Waals surface area contributed by atoms with Crippen molar-refractivity contribution < 1.29 is 5.11 Å². The zero-order chi connectivity index (χ0) is 10.2. The molecule has 76 valence electrons. The van der Waals surface area contributed by atoms with Crippen LogP contribution in [0.3, 0.4) is 0 Å². The molecule has 1 N–H and O–H groups in total. The molecule has 0 saturated heterocycles. The number of pyridine rings is 1. The van der Waals surface area contributed by atoms with Gasteiger partial charge in [0.15, 0.2) is 0 Å². The van der Waals surface area contributed by atoms with E-state index in [1.165, 1.54) is 0 Å². The van der Waals surface area contributed by atoms with Gasteiger partial charge in [-0.2, -0.15) is 0 Å². The highest BCUT2D eigenvalue weighted by Gasteiger charge is 1.95. The molecule has 0 bridgehead atoms. The van der Waals surface area contributed by atoms with Gasteiger partial charge in [0, 0.05) is 5.69 Å². The molecule has 0 atom stereocenters. The first-order chi connectivity index (χ1) is 6.83. The Hall–Kier alpha value is -0.830. The molecule has 1 heterocycles. The van der Waals surface area contributed by atoms with Crippen LogP contribution in [0.15, 0.2) is 35.1 Å². The van der Waals surface area contributed by atoms with Gasteiger partial charge in [-0.25, -0.2) is 4.98 Å². The molecule has 0 amide bonds. The molecule has 0 saturated carbocycles. The first kappa shape index (κ1) is 11.2. The standard InChI is InChI=1S/C11H14BrNO/c12-11-8-5-7-10(13-11)6-3-1-2-4-9-14/h4-5,7-9,14H,1-3,6H2. The Morgan fingerprint density at radius 2 is 2.21 bits per heavy atom. The van der Waals surface area contributed by atoms with Gasteiger partial charge in [0.1, 0.15) is 4.60 Å².